The number of anilines is 1. The molecule has 1 aliphatic rings. The third kappa shape index (κ3) is 2.41. The molecule has 0 saturated carbocycles. The van der Waals surface area contributed by atoms with Crippen LogP contribution in [-0.4, -0.2) is 25.2 Å². The van der Waals surface area contributed by atoms with Crippen molar-refractivity contribution in [3.8, 4) is 0 Å². The normalized spacial score (nSPS) is 14.2. The van der Waals surface area contributed by atoms with Crippen molar-refractivity contribution in [1.29, 1.82) is 0 Å². The minimum Gasteiger partial charge on any atom is -0.478 e. The fourth-order valence-electron chi connectivity index (χ4n) is 2.04. The van der Waals surface area contributed by atoms with Gasteiger partial charge in [-0.25, -0.2) is 13.2 Å². The number of hydrogen-bond acceptors (Lipinski definition) is 4. The highest BCUT2D eigenvalue weighted by Crippen LogP contribution is 2.39. The largest absolute Gasteiger partial charge is 0.478 e. The maximum absolute atomic E-state index is 11.6. The number of carboxylic acids is 1. The van der Waals surface area contributed by atoms with E-state index in [9.17, 15) is 18.3 Å². The highest BCUT2D eigenvalue weighted by molar-refractivity contribution is 7.93. The molecule has 0 aliphatic heterocycles. The maximum atomic E-state index is 11.6. The van der Waals surface area contributed by atoms with E-state index in [-0.39, 0.29) is 16.3 Å². The molecule has 18 heavy (non-hydrogen) atoms. The van der Waals surface area contributed by atoms with E-state index in [0.29, 0.717) is 6.42 Å². The summed E-state index contributed by atoms with van der Waals surface area (Å²) in [6.45, 7) is 3.36. The van der Waals surface area contributed by atoms with Crippen molar-refractivity contribution in [2.75, 3.05) is 10.5 Å². The van der Waals surface area contributed by atoms with E-state index in [4.69, 9.17) is 0 Å². The van der Waals surface area contributed by atoms with Gasteiger partial charge in [-0.2, -0.15) is 0 Å². The molecule has 0 unspecified atom stereocenters. The van der Waals surface area contributed by atoms with E-state index in [1.165, 1.54) is 17.4 Å². The van der Waals surface area contributed by atoms with Gasteiger partial charge in [0.25, 0.3) is 0 Å². The zero-order valence-corrected chi connectivity index (χ0v) is 11.2. The average Bonchev–Trinajstić information content (AvgIpc) is 2.74. The quantitative estimate of drug-likeness (QED) is 0.810. The number of thiophene rings is 1. The lowest BCUT2D eigenvalue weighted by molar-refractivity contribution is 0.0697. The first kappa shape index (κ1) is 13.1. The fourth-order valence-corrected chi connectivity index (χ4v) is 4.50. The molecule has 1 aliphatic carbocycles. The van der Waals surface area contributed by atoms with Gasteiger partial charge in [0, 0.05) is 4.88 Å². The monoisotopic (exact) mass is 287 g/mol. The molecule has 0 bridgehead atoms. The number of hydrogen-bond donors (Lipinski definition) is 2. The molecule has 98 valence electrons. The predicted molar refractivity (Wildman–Crippen MR) is 70.9 cm³/mol. The number of fused-ring (bicyclic) bond motifs is 1. The Morgan fingerprint density at radius 3 is 2.83 bits per heavy atom. The summed E-state index contributed by atoms with van der Waals surface area (Å²) >= 11 is 1.22. The Hall–Kier alpha value is -1.34. The van der Waals surface area contributed by atoms with Gasteiger partial charge in [-0.3, -0.25) is 4.72 Å². The number of sulfonamides is 1. The van der Waals surface area contributed by atoms with Crippen molar-refractivity contribution in [2.45, 2.75) is 19.3 Å². The smallest absolute Gasteiger partial charge is 0.339 e. The molecule has 1 aromatic rings. The molecule has 0 atom stereocenters. The molecular formula is C11H13NO4S2. The van der Waals surface area contributed by atoms with Crippen LogP contribution in [0.3, 0.4) is 0 Å². The van der Waals surface area contributed by atoms with Crippen molar-refractivity contribution in [3.63, 3.8) is 0 Å². The Bertz CT molecular complexity index is 601. The van der Waals surface area contributed by atoms with Gasteiger partial charge in [-0.05, 0) is 24.8 Å². The molecular weight excluding hydrogens is 274 g/mol. The molecule has 0 radical (unpaired) electrons. The van der Waals surface area contributed by atoms with Gasteiger partial charge in [0.2, 0.25) is 10.0 Å². The number of aryl methyl sites for hydroxylation is 1. The first-order valence-corrected chi connectivity index (χ1v) is 7.90. The Morgan fingerprint density at radius 2 is 2.22 bits per heavy atom. The second kappa shape index (κ2) is 4.74. The van der Waals surface area contributed by atoms with Crippen LogP contribution in [0.5, 0.6) is 0 Å². The first-order valence-electron chi connectivity index (χ1n) is 5.44. The summed E-state index contributed by atoms with van der Waals surface area (Å²) in [6, 6.07) is 0. The Morgan fingerprint density at radius 1 is 1.50 bits per heavy atom. The molecule has 1 aromatic heterocycles. The lowest BCUT2D eigenvalue weighted by Gasteiger charge is -2.05. The summed E-state index contributed by atoms with van der Waals surface area (Å²) in [5.74, 6) is -1.31. The van der Waals surface area contributed by atoms with Crippen LogP contribution in [0, 0.1) is 0 Å². The van der Waals surface area contributed by atoms with Gasteiger partial charge in [0.1, 0.15) is 5.00 Å². The molecule has 0 spiro atoms. The second-order valence-corrected chi connectivity index (χ2v) is 6.91. The third-order valence-corrected chi connectivity index (χ3v) is 5.25. The molecule has 5 nitrogen and oxygen atoms in total. The van der Waals surface area contributed by atoms with Crippen LogP contribution in [0.1, 0.15) is 27.2 Å². The van der Waals surface area contributed by atoms with Gasteiger partial charge in [0.05, 0.1) is 11.3 Å². The summed E-state index contributed by atoms with van der Waals surface area (Å²) in [4.78, 5) is 12.2. The summed E-state index contributed by atoms with van der Waals surface area (Å²) in [7, 11) is -3.55. The van der Waals surface area contributed by atoms with Crippen LogP contribution in [0.4, 0.5) is 5.00 Å². The fraction of sp³-hybridized carbons (Fsp3) is 0.364. The van der Waals surface area contributed by atoms with Gasteiger partial charge in [0.15, 0.2) is 0 Å². The lowest BCUT2D eigenvalue weighted by atomic mass is 10.1. The molecule has 0 saturated heterocycles. The van der Waals surface area contributed by atoms with E-state index in [1.807, 2.05) is 0 Å². The number of nitrogens with one attached hydrogen (secondary N) is 1. The Labute approximate surface area is 109 Å². The van der Waals surface area contributed by atoms with Crippen molar-refractivity contribution in [1.82, 2.24) is 0 Å². The van der Waals surface area contributed by atoms with Gasteiger partial charge >= 0.3 is 5.97 Å². The van der Waals surface area contributed by atoms with E-state index in [2.05, 4.69) is 11.3 Å². The zero-order valence-electron chi connectivity index (χ0n) is 9.60. The second-order valence-electron chi connectivity index (χ2n) is 4.04. The minimum absolute atomic E-state index is 0.111. The maximum Gasteiger partial charge on any atom is 0.339 e. The first-order chi connectivity index (χ1) is 8.44. The van der Waals surface area contributed by atoms with Crippen LogP contribution in [-0.2, 0) is 22.9 Å². The number of rotatable bonds is 5. The average molecular weight is 287 g/mol. The van der Waals surface area contributed by atoms with E-state index < -0.39 is 16.0 Å². The SMILES string of the molecule is C=CCS(=O)(=O)Nc1sc2c(c1C(=O)O)CCC2. The van der Waals surface area contributed by atoms with Crippen molar-refractivity contribution < 1.29 is 18.3 Å². The van der Waals surface area contributed by atoms with Crippen LogP contribution in [0.15, 0.2) is 12.7 Å². The van der Waals surface area contributed by atoms with Crippen LogP contribution < -0.4 is 4.72 Å². The topological polar surface area (TPSA) is 83.5 Å². The Kier molecular flexibility index (Phi) is 3.45. The van der Waals surface area contributed by atoms with Crippen LogP contribution in [0.25, 0.3) is 0 Å². The molecule has 2 rings (SSSR count). The highest BCUT2D eigenvalue weighted by Gasteiger charge is 2.27. The number of aromatic carboxylic acids is 1. The third-order valence-electron chi connectivity index (χ3n) is 2.72. The zero-order chi connectivity index (χ0) is 13.3. The molecule has 2 N–H and O–H groups in total. The van der Waals surface area contributed by atoms with Crippen molar-refractivity contribution in [3.05, 3.63) is 28.7 Å². The Balaban J connectivity index is 2.40. The molecule has 1 heterocycles. The minimum atomic E-state index is -3.55. The summed E-state index contributed by atoms with van der Waals surface area (Å²) in [5.41, 5.74) is 0.893. The van der Waals surface area contributed by atoms with Gasteiger partial charge < -0.3 is 5.11 Å². The van der Waals surface area contributed by atoms with Gasteiger partial charge in [-0.15, -0.1) is 17.9 Å². The molecule has 7 heteroatoms. The molecule has 0 fully saturated rings. The molecule has 0 aromatic carbocycles. The van der Waals surface area contributed by atoms with E-state index >= 15 is 0 Å². The van der Waals surface area contributed by atoms with Crippen LogP contribution in [0.2, 0.25) is 0 Å². The molecule has 0 amide bonds. The lowest BCUT2D eigenvalue weighted by Crippen LogP contribution is -2.16. The number of carbonyl (C=O) groups is 1. The predicted octanol–water partition coefficient (Wildman–Crippen LogP) is 1.86. The number of carboxylic acid groups (broad SMARTS) is 1. The van der Waals surface area contributed by atoms with E-state index in [0.717, 1.165) is 23.3 Å². The standard InChI is InChI=1S/C11H13NO4S2/c1-2-6-18(15,16)12-10-9(11(13)14)7-4-3-5-8(7)17-10/h2,12H,1,3-6H2,(H,13,14). The van der Waals surface area contributed by atoms with E-state index in [1.54, 1.807) is 0 Å². The van der Waals surface area contributed by atoms with Crippen LogP contribution >= 0.6 is 11.3 Å². The summed E-state index contributed by atoms with van der Waals surface area (Å²) in [6.07, 6.45) is 3.73. The van der Waals surface area contributed by atoms with Gasteiger partial charge in [-0.1, -0.05) is 6.08 Å². The highest BCUT2D eigenvalue weighted by atomic mass is 32.2. The summed E-state index contributed by atoms with van der Waals surface area (Å²) < 4.78 is 25.6. The van der Waals surface area contributed by atoms with Crippen molar-refractivity contribution in [2.24, 2.45) is 0 Å². The summed E-state index contributed by atoms with van der Waals surface area (Å²) in [5, 5.41) is 9.41. The van der Waals surface area contributed by atoms with Crippen molar-refractivity contribution >= 4 is 32.3 Å².